The highest BCUT2D eigenvalue weighted by molar-refractivity contribution is 5.92. The van der Waals surface area contributed by atoms with Gasteiger partial charge in [0.05, 0.1) is 39.9 Å². The molecule has 0 bridgehead atoms. The van der Waals surface area contributed by atoms with Gasteiger partial charge in [0.25, 0.3) is 5.91 Å². The summed E-state index contributed by atoms with van der Waals surface area (Å²) in [7, 11) is 4.69. The Morgan fingerprint density at radius 1 is 0.867 bits per heavy atom. The van der Waals surface area contributed by atoms with Crippen LogP contribution in [0.15, 0.2) is 60.0 Å². The molecule has 0 fully saturated rings. The number of hydrogen-bond acceptors (Lipinski definition) is 8. The second kappa shape index (κ2) is 9.87. The van der Waals surface area contributed by atoms with Crippen LogP contribution in [0.1, 0.15) is 16.1 Å². The van der Waals surface area contributed by atoms with E-state index < -0.39 is 5.91 Å². The summed E-state index contributed by atoms with van der Waals surface area (Å²) in [6.45, 7) is 0. The molecule has 1 N–H and O–H groups in total. The van der Waals surface area contributed by atoms with E-state index in [4.69, 9.17) is 18.9 Å². The molecule has 0 radical (unpaired) electrons. The van der Waals surface area contributed by atoms with E-state index in [1.54, 1.807) is 63.8 Å². The first kappa shape index (κ1) is 20.6. The number of carbonyl (C=O) groups is 1. The number of nitrogens with one attached hydrogen (secondary N) is 1. The third-order valence-corrected chi connectivity index (χ3v) is 3.90. The van der Waals surface area contributed by atoms with Crippen LogP contribution >= 0.6 is 0 Å². The zero-order valence-electron chi connectivity index (χ0n) is 16.7. The minimum absolute atomic E-state index is 0.0949. The maximum Gasteiger partial charge on any atom is 0.291 e. The van der Waals surface area contributed by atoms with Crippen molar-refractivity contribution in [2.45, 2.75) is 0 Å². The number of hydrogen-bond donors (Lipinski definition) is 1. The van der Waals surface area contributed by atoms with Gasteiger partial charge in [-0.1, -0.05) is 0 Å². The Hall–Kier alpha value is -4.14. The van der Waals surface area contributed by atoms with Crippen LogP contribution in [0.4, 0.5) is 0 Å². The fraction of sp³-hybridized carbons (Fsp3) is 0.143. The number of methoxy groups -OCH3 is 3. The van der Waals surface area contributed by atoms with Gasteiger partial charge in [-0.05, 0) is 36.4 Å². The molecule has 3 aromatic rings. The fourth-order valence-electron chi connectivity index (χ4n) is 2.38. The monoisotopic (exact) mass is 408 g/mol. The van der Waals surface area contributed by atoms with E-state index in [1.807, 2.05) is 0 Å². The molecule has 1 aromatic heterocycles. The molecule has 0 unspecified atom stereocenters. The van der Waals surface area contributed by atoms with Crippen LogP contribution in [0.2, 0.25) is 0 Å². The van der Waals surface area contributed by atoms with Gasteiger partial charge in [-0.15, -0.1) is 0 Å². The van der Waals surface area contributed by atoms with Crippen molar-refractivity contribution in [3.05, 3.63) is 66.1 Å². The maximum absolute atomic E-state index is 12.2. The summed E-state index contributed by atoms with van der Waals surface area (Å²) in [5.41, 5.74) is 3.19. The standard InChI is InChI=1S/C21H20N4O5/c1-27-15-4-6-16(7-5-15)30-20-13-22-19(12-23-20)21(26)25-24-11-14-8-17(28-2)10-18(9-14)29-3/h4-13H,1-3H3,(H,25,26)/b24-11+. The van der Waals surface area contributed by atoms with E-state index in [9.17, 15) is 4.79 Å². The second-order valence-corrected chi connectivity index (χ2v) is 5.86. The molecule has 9 nitrogen and oxygen atoms in total. The van der Waals surface area contributed by atoms with Crippen LogP contribution in [-0.4, -0.2) is 43.4 Å². The van der Waals surface area contributed by atoms with Crippen molar-refractivity contribution < 1.29 is 23.7 Å². The number of ether oxygens (including phenoxy) is 4. The normalized spacial score (nSPS) is 10.5. The van der Waals surface area contributed by atoms with E-state index in [2.05, 4.69) is 20.5 Å². The highest BCUT2D eigenvalue weighted by Crippen LogP contribution is 2.22. The topological polar surface area (TPSA) is 104 Å². The minimum atomic E-state index is -0.510. The van der Waals surface area contributed by atoms with Crippen molar-refractivity contribution in [1.82, 2.24) is 15.4 Å². The summed E-state index contributed by atoms with van der Waals surface area (Å²) in [6, 6.07) is 12.3. The zero-order valence-corrected chi connectivity index (χ0v) is 16.7. The van der Waals surface area contributed by atoms with Crippen molar-refractivity contribution in [3.8, 4) is 28.9 Å². The zero-order chi connectivity index (χ0) is 21.3. The molecule has 30 heavy (non-hydrogen) atoms. The SMILES string of the molecule is COc1ccc(Oc2cnc(C(=O)N/N=C/c3cc(OC)cc(OC)c3)cn2)cc1. The molecule has 0 saturated heterocycles. The maximum atomic E-state index is 12.2. The third kappa shape index (κ3) is 5.44. The number of amides is 1. The Morgan fingerprint density at radius 2 is 1.50 bits per heavy atom. The van der Waals surface area contributed by atoms with Crippen LogP contribution < -0.4 is 24.4 Å². The van der Waals surface area contributed by atoms with Crippen molar-refractivity contribution >= 4 is 12.1 Å². The average Bonchev–Trinajstić information content (AvgIpc) is 2.79. The Morgan fingerprint density at radius 3 is 2.07 bits per heavy atom. The Kier molecular flexibility index (Phi) is 6.78. The molecule has 0 aliphatic carbocycles. The molecular weight excluding hydrogens is 388 g/mol. The molecular formula is C21H20N4O5. The molecule has 0 aliphatic heterocycles. The molecule has 2 aromatic carbocycles. The van der Waals surface area contributed by atoms with Crippen molar-refractivity contribution in [1.29, 1.82) is 0 Å². The van der Waals surface area contributed by atoms with Crippen LogP contribution in [-0.2, 0) is 0 Å². The van der Waals surface area contributed by atoms with Gasteiger partial charge in [0.15, 0.2) is 0 Å². The molecule has 3 rings (SSSR count). The number of rotatable bonds is 8. The Bertz CT molecular complexity index is 998. The first-order valence-corrected chi connectivity index (χ1v) is 8.81. The summed E-state index contributed by atoms with van der Waals surface area (Å²) in [5, 5.41) is 3.93. The smallest absolute Gasteiger partial charge is 0.291 e. The molecule has 0 aliphatic rings. The predicted octanol–water partition coefficient (Wildman–Crippen LogP) is 3.06. The van der Waals surface area contributed by atoms with Gasteiger partial charge in [-0.2, -0.15) is 5.10 Å². The van der Waals surface area contributed by atoms with Gasteiger partial charge in [0, 0.05) is 11.6 Å². The third-order valence-electron chi connectivity index (χ3n) is 3.90. The summed E-state index contributed by atoms with van der Waals surface area (Å²) < 4.78 is 21.1. The molecule has 1 amide bonds. The number of benzene rings is 2. The molecule has 0 atom stereocenters. The van der Waals surface area contributed by atoms with Crippen LogP contribution in [0.5, 0.6) is 28.9 Å². The van der Waals surface area contributed by atoms with Gasteiger partial charge < -0.3 is 18.9 Å². The van der Waals surface area contributed by atoms with E-state index in [-0.39, 0.29) is 11.6 Å². The quantitative estimate of drug-likeness (QED) is 0.451. The summed E-state index contributed by atoms with van der Waals surface area (Å²) >= 11 is 0. The van der Waals surface area contributed by atoms with Gasteiger partial charge in [-0.25, -0.2) is 15.4 Å². The van der Waals surface area contributed by atoms with Crippen molar-refractivity contribution in [2.75, 3.05) is 21.3 Å². The summed E-state index contributed by atoms with van der Waals surface area (Å²) in [5.74, 6) is 2.25. The first-order chi connectivity index (χ1) is 14.6. The lowest BCUT2D eigenvalue weighted by Crippen LogP contribution is -2.19. The molecule has 154 valence electrons. The Balaban J connectivity index is 1.59. The van der Waals surface area contributed by atoms with Crippen LogP contribution in [0.25, 0.3) is 0 Å². The highest BCUT2D eigenvalue weighted by atomic mass is 16.5. The lowest BCUT2D eigenvalue weighted by molar-refractivity contribution is 0.0949. The minimum Gasteiger partial charge on any atom is -0.497 e. The largest absolute Gasteiger partial charge is 0.497 e. The van der Waals surface area contributed by atoms with Crippen LogP contribution in [0.3, 0.4) is 0 Å². The van der Waals surface area contributed by atoms with E-state index in [0.29, 0.717) is 28.6 Å². The molecule has 0 saturated carbocycles. The van der Waals surface area contributed by atoms with E-state index in [0.717, 1.165) is 0 Å². The van der Waals surface area contributed by atoms with E-state index in [1.165, 1.54) is 18.6 Å². The highest BCUT2D eigenvalue weighted by Gasteiger charge is 2.08. The predicted molar refractivity (Wildman–Crippen MR) is 110 cm³/mol. The summed E-state index contributed by atoms with van der Waals surface area (Å²) in [6.07, 6.45) is 4.13. The lowest BCUT2D eigenvalue weighted by Gasteiger charge is -2.06. The molecule has 0 spiro atoms. The first-order valence-electron chi connectivity index (χ1n) is 8.81. The van der Waals surface area contributed by atoms with Crippen molar-refractivity contribution in [2.24, 2.45) is 5.10 Å². The number of nitrogens with zero attached hydrogens (tertiary/aromatic N) is 3. The molecule has 1 heterocycles. The molecule has 9 heteroatoms. The summed E-state index contributed by atoms with van der Waals surface area (Å²) in [4.78, 5) is 20.3. The van der Waals surface area contributed by atoms with Gasteiger partial charge >= 0.3 is 0 Å². The van der Waals surface area contributed by atoms with Crippen LogP contribution in [0, 0.1) is 0 Å². The number of hydrazone groups is 1. The number of aromatic nitrogens is 2. The van der Waals surface area contributed by atoms with E-state index >= 15 is 0 Å². The van der Waals surface area contributed by atoms with Gasteiger partial charge in [-0.3, -0.25) is 4.79 Å². The Labute approximate surface area is 173 Å². The average molecular weight is 408 g/mol. The number of carbonyl (C=O) groups excluding carboxylic acids is 1. The van der Waals surface area contributed by atoms with Gasteiger partial charge in [0.1, 0.15) is 28.7 Å². The van der Waals surface area contributed by atoms with Gasteiger partial charge in [0.2, 0.25) is 5.88 Å². The fourth-order valence-corrected chi connectivity index (χ4v) is 2.38. The lowest BCUT2D eigenvalue weighted by atomic mass is 10.2. The van der Waals surface area contributed by atoms with Crippen molar-refractivity contribution in [3.63, 3.8) is 0 Å². The second-order valence-electron chi connectivity index (χ2n) is 5.86.